The molecular weight excluding hydrogens is 246 g/mol. The van der Waals surface area contributed by atoms with Crippen molar-refractivity contribution in [3.8, 4) is 0 Å². The molecule has 0 aliphatic rings. The van der Waals surface area contributed by atoms with Gasteiger partial charge in [0, 0.05) is 25.3 Å². The Morgan fingerprint density at radius 2 is 1.85 bits per heavy atom. The molecule has 114 valence electrons. The highest BCUT2D eigenvalue weighted by Crippen LogP contribution is 2.19. The Kier molecular flexibility index (Phi) is 7.63. The summed E-state index contributed by atoms with van der Waals surface area (Å²) in [6, 6.07) is 6.85. The quantitative estimate of drug-likeness (QED) is 0.749. The van der Waals surface area contributed by atoms with Crippen molar-refractivity contribution in [3.63, 3.8) is 0 Å². The van der Waals surface area contributed by atoms with Crippen LogP contribution in [0, 0.1) is 6.92 Å². The molecule has 0 unspecified atom stereocenters. The van der Waals surface area contributed by atoms with Gasteiger partial charge in [-0.3, -0.25) is 0 Å². The van der Waals surface area contributed by atoms with Crippen molar-refractivity contribution in [2.45, 2.75) is 33.7 Å². The lowest BCUT2D eigenvalue weighted by Gasteiger charge is -2.25. The lowest BCUT2D eigenvalue weighted by atomic mass is 10.1. The fourth-order valence-corrected chi connectivity index (χ4v) is 2.38. The molecule has 1 N–H and O–H groups in total. The first-order chi connectivity index (χ1) is 9.58. The molecule has 0 bridgehead atoms. The number of anilines is 1. The number of hydrogen-bond acceptors (Lipinski definition) is 3. The second kappa shape index (κ2) is 8.98. The third-order valence-corrected chi connectivity index (χ3v) is 3.67. The molecule has 1 rings (SSSR count). The Balaban J connectivity index is 2.65. The monoisotopic (exact) mass is 277 g/mol. The van der Waals surface area contributed by atoms with Gasteiger partial charge in [0.15, 0.2) is 0 Å². The van der Waals surface area contributed by atoms with E-state index in [-0.39, 0.29) is 0 Å². The second-order valence-electron chi connectivity index (χ2n) is 5.63. The average molecular weight is 277 g/mol. The molecule has 3 heteroatoms. The van der Waals surface area contributed by atoms with Gasteiger partial charge in [-0.25, -0.2) is 0 Å². The van der Waals surface area contributed by atoms with Crippen LogP contribution in [-0.4, -0.2) is 45.2 Å². The number of nitrogens with zero attached hydrogens (tertiary/aromatic N) is 2. The van der Waals surface area contributed by atoms with E-state index in [9.17, 15) is 0 Å². The minimum absolute atomic E-state index is 0.968. The predicted octanol–water partition coefficient (Wildman–Crippen LogP) is 2.88. The molecule has 3 nitrogen and oxygen atoms in total. The Labute approximate surface area is 125 Å². The zero-order valence-corrected chi connectivity index (χ0v) is 13.9. The van der Waals surface area contributed by atoms with E-state index in [0.717, 1.165) is 32.7 Å². The Morgan fingerprint density at radius 1 is 1.10 bits per heavy atom. The van der Waals surface area contributed by atoms with Crippen LogP contribution in [0.4, 0.5) is 5.69 Å². The first-order valence-corrected chi connectivity index (χ1v) is 7.78. The van der Waals surface area contributed by atoms with Crippen LogP contribution in [0.5, 0.6) is 0 Å². The number of rotatable bonds is 9. The molecule has 0 aliphatic heterocycles. The number of aryl methyl sites for hydroxylation is 1. The SMILES string of the molecule is CCNCc1ccc(N(CC)CCCN(C)C)cc1C. The van der Waals surface area contributed by atoms with Gasteiger partial charge in [-0.2, -0.15) is 0 Å². The van der Waals surface area contributed by atoms with Gasteiger partial charge < -0.3 is 15.1 Å². The van der Waals surface area contributed by atoms with Crippen LogP contribution in [0.15, 0.2) is 18.2 Å². The van der Waals surface area contributed by atoms with Crippen molar-refractivity contribution in [3.05, 3.63) is 29.3 Å². The average Bonchev–Trinajstić information content (AvgIpc) is 2.42. The summed E-state index contributed by atoms with van der Waals surface area (Å²) in [6.07, 6.45) is 1.21. The molecule has 0 amide bonds. The summed E-state index contributed by atoms with van der Waals surface area (Å²) < 4.78 is 0. The van der Waals surface area contributed by atoms with E-state index in [2.05, 4.69) is 68.2 Å². The van der Waals surface area contributed by atoms with Gasteiger partial charge in [0.1, 0.15) is 0 Å². The summed E-state index contributed by atoms with van der Waals surface area (Å²) in [5, 5.41) is 3.40. The van der Waals surface area contributed by atoms with E-state index >= 15 is 0 Å². The van der Waals surface area contributed by atoms with Crippen molar-refractivity contribution < 1.29 is 0 Å². The van der Waals surface area contributed by atoms with Crippen LogP contribution >= 0.6 is 0 Å². The minimum Gasteiger partial charge on any atom is -0.372 e. The Morgan fingerprint density at radius 3 is 2.40 bits per heavy atom. The maximum Gasteiger partial charge on any atom is 0.0368 e. The predicted molar refractivity (Wildman–Crippen MR) is 89.6 cm³/mol. The lowest BCUT2D eigenvalue weighted by molar-refractivity contribution is 0.400. The second-order valence-corrected chi connectivity index (χ2v) is 5.63. The molecule has 0 spiro atoms. The van der Waals surface area contributed by atoms with Gasteiger partial charge >= 0.3 is 0 Å². The highest BCUT2D eigenvalue weighted by atomic mass is 15.1. The van der Waals surface area contributed by atoms with E-state index in [0.29, 0.717) is 0 Å². The third-order valence-electron chi connectivity index (χ3n) is 3.67. The van der Waals surface area contributed by atoms with Gasteiger partial charge in [-0.1, -0.05) is 13.0 Å². The lowest BCUT2D eigenvalue weighted by Crippen LogP contribution is -2.27. The van der Waals surface area contributed by atoms with Gasteiger partial charge in [0.25, 0.3) is 0 Å². The zero-order chi connectivity index (χ0) is 15.0. The molecule has 0 heterocycles. The summed E-state index contributed by atoms with van der Waals surface area (Å²) in [6.45, 7) is 11.9. The normalized spacial score (nSPS) is 11.1. The molecule has 0 aromatic heterocycles. The number of hydrogen-bond donors (Lipinski definition) is 1. The van der Waals surface area contributed by atoms with E-state index < -0.39 is 0 Å². The summed E-state index contributed by atoms with van der Waals surface area (Å²) in [7, 11) is 4.27. The van der Waals surface area contributed by atoms with E-state index in [1.807, 2.05) is 0 Å². The van der Waals surface area contributed by atoms with E-state index in [4.69, 9.17) is 0 Å². The standard InChI is InChI=1S/C17H31N3/c1-6-18-14-16-9-10-17(13-15(16)3)20(7-2)12-8-11-19(4)5/h9-10,13,18H,6-8,11-12,14H2,1-5H3. The zero-order valence-electron chi connectivity index (χ0n) is 13.9. The Bertz CT molecular complexity index is 388. The number of nitrogens with one attached hydrogen (secondary N) is 1. The molecule has 1 aromatic carbocycles. The molecule has 0 atom stereocenters. The fraction of sp³-hybridized carbons (Fsp3) is 0.647. The molecule has 0 aliphatic carbocycles. The van der Waals surface area contributed by atoms with Gasteiger partial charge in [-0.05, 0) is 70.7 Å². The fourth-order valence-electron chi connectivity index (χ4n) is 2.38. The van der Waals surface area contributed by atoms with Crippen LogP contribution in [0.25, 0.3) is 0 Å². The summed E-state index contributed by atoms with van der Waals surface area (Å²) in [5.41, 5.74) is 4.14. The maximum atomic E-state index is 3.40. The van der Waals surface area contributed by atoms with Crippen molar-refractivity contribution in [2.75, 3.05) is 45.2 Å². The Hall–Kier alpha value is -1.06. The van der Waals surface area contributed by atoms with Crippen LogP contribution in [0.3, 0.4) is 0 Å². The first kappa shape index (κ1) is 17.0. The van der Waals surface area contributed by atoms with Crippen LogP contribution < -0.4 is 10.2 Å². The van der Waals surface area contributed by atoms with Gasteiger partial charge in [0.2, 0.25) is 0 Å². The van der Waals surface area contributed by atoms with Gasteiger partial charge in [-0.15, -0.1) is 0 Å². The topological polar surface area (TPSA) is 18.5 Å². The largest absolute Gasteiger partial charge is 0.372 e. The molecule has 0 fully saturated rings. The van der Waals surface area contributed by atoms with Crippen molar-refractivity contribution >= 4 is 5.69 Å². The van der Waals surface area contributed by atoms with Crippen LogP contribution in [0.1, 0.15) is 31.4 Å². The highest BCUT2D eigenvalue weighted by Gasteiger charge is 2.06. The summed E-state index contributed by atoms with van der Waals surface area (Å²) >= 11 is 0. The molecule has 0 radical (unpaired) electrons. The van der Waals surface area contributed by atoms with Crippen molar-refractivity contribution in [2.24, 2.45) is 0 Å². The number of benzene rings is 1. The molecule has 1 aromatic rings. The van der Waals surface area contributed by atoms with Crippen LogP contribution in [-0.2, 0) is 6.54 Å². The third kappa shape index (κ3) is 5.51. The van der Waals surface area contributed by atoms with Crippen LogP contribution in [0.2, 0.25) is 0 Å². The smallest absolute Gasteiger partial charge is 0.0368 e. The molecule has 0 saturated heterocycles. The summed E-state index contributed by atoms with van der Waals surface area (Å²) in [4.78, 5) is 4.71. The van der Waals surface area contributed by atoms with Crippen molar-refractivity contribution in [1.29, 1.82) is 0 Å². The maximum absolute atomic E-state index is 3.40. The summed E-state index contributed by atoms with van der Waals surface area (Å²) in [5.74, 6) is 0. The molecule has 0 saturated carbocycles. The van der Waals surface area contributed by atoms with Crippen molar-refractivity contribution in [1.82, 2.24) is 10.2 Å². The highest BCUT2D eigenvalue weighted by molar-refractivity contribution is 5.50. The van der Waals surface area contributed by atoms with Gasteiger partial charge in [0.05, 0.1) is 0 Å². The van der Waals surface area contributed by atoms with E-state index in [1.165, 1.54) is 23.2 Å². The molecular formula is C17H31N3. The molecule has 20 heavy (non-hydrogen) atoms. The van der Waals surface area contributed by atoms with E-state index in [1.54, 1.807) is 0 Å². The minimum atomic E-state index is 0.968. The first-order valence-electron chi connectivity index (χ1n) is 7.78.